The van der Waals surface area contributed by atoms with Gasteiger partial charge in [-0.25, -0.2) is 8.42 Å². The number of amides is 2. The lowest BCUT2D eigenvalue weighted by Crippen LogP contribution is -2.54. The van der Waals surface area contributed by atoms with Gasteiger partial charge >= 0.3 is 0 Å². The number of hydrogen-bond acceptors (Lipinski definition) is 4. The second kappa shape index (κ2) is 15.6. The largest absolute Gasteiger partial charge is 0.352 e. The highest BCUT2D eigenvalue weighted by atomic mass is 35.5. The molecule has 48 heavy (non-hydrogen) atoms. The quantitative estimate of drug-likeness (QED) is 0.163. The number of benzene rings is 4. The zero-order valence-electron chi connectivity index (χ0n) is 27.5. The second-order valence-corrected chi connectivity index (χ2v) is 15.3. The van der Waals surface area contributed by atoms with Crippen LogP contribution in [0.15, 0.2) is 95.9 Å². The Kier molecular flexibility index (Phi) is 11.5. The van der Waals surface area contributed by atoms with Crippen molar-refractivity contribution in [1.82, 2.24) is 10.2 Å². The number of hydrogen-bond donors (Lipinski definition) is 1. The average Bonchev–Trinajstić information content (AvgIpc) is 3.56. The molecule has 4 aromatic rings. The van der Waals surface area contributed by atoms with E-state index in [1.165, 1.54) is 4.90 Å². The predicted molar refractivity (Wildman–Crippen MR) is 193 cm³/mol. The Morgan fingerprint density at radius 1 is 0.812 bits per heavy atom. The normalized spacial score (nSPS) is 14.0. The van der Waals surface area contributed by atoms with Crippen LogP contribution >= 0.6 is 23.2 Å². The summed E-state index contributed by atoms with van der Waals surface area (Å²) in [5.41, 5.74) is 4.28. The lowest BCUT2D eigenvalue weighted by atomic mass is 10.0. The van der Waals surface area contributed by atoms with E-state index in [2.05, 4.69) is 5.32 Å². The summed E-state index contributed by atoms with van der Waals surface area (Å²) >= 11 is 13.3. The van der Waals surface area contributed by atoms with Crippen molar-refractivity contribution >= 4 is 50.7 Å². The molecule has 0 unspecified atom stereocenters. The van der Waals surface area contributed by atoms with E-state index in [9.17, 15) is 18.0 Å². The predicted octanol–water partition coefficient (Wildman–Crippen LogP) is 7.81. The molecule has 1 atom stereocenters. The van der Waals surface area contributed by atoms with E-state index in [1.54, 1.807) is 54.6 Å². The summed E-state index contributed by atoms with van der Waals surface area (Å²) in [5, 5.41) is 3.86. The highest BCUT2D eigenvalue weighted by Crippen LogP contribution is 2.30. The van der Waals surface area contributed by atoms with Crippen molar-refractivity contribution in [3.05, 3.63) is 129 Å². The van der Waals surface area contributed by atoms with E-state index in [4.69, 9.17) is 23.2 Å². The molecule has 0 heterocycles. The Labute approximate surface area is 293 Å². The zero-order valence-corrected chi connectivity index (χ0v) is 29.8. The Balaban J connectivity index is 1.61. The number of nitrogens with one attached hydrogen (secondary N) is 1. The fourth-order valence-electron chi connectivity index (χ4n) is 6.24. The first-order valence-corrected chi connectivity index (χ1v) is 18.4. The number of nitrogens with zero attached hydrogens (tertiary/aromatic N) is 2. The van der Waals surface area contributed by atoms with Crippen molar-refractivity contribution in [2.75, 3.05) is 10.8 Å². The van der Waals surface area contributed by atoms with Gasteiger partial charge < -0.3 is 10.2 Å². The molecule has 1 saturated carbocycles. The average molecular weight is 707 g/mol. The lowest BCUT2D eigenvalue weighted by molar-refractivity contribution is -0.140. The topological polar surface area (TPSA) is 86.8 Å². The summed E-state index contributed by atoms with van der Waals surface area (Å²) in [5.74, 6) is -0.870. The van der Waals surface area contributed by atoms with Crippen LogP contribution in [0.25, 0.3) is 0 Å². The minimum absolute atomic E-state index is 0.00492. The van der Waals surface area contributed by atoms with E-state index < -0.39 is 28.5 Å². The molecule has 0 aliphatic heterocycles. The van der Waals surface area contributed by atoms with Crippen LogP contribution in [-0.2, 0) is 32.6 Å². The fourth-order valence-corrected chi connectivity index (χ4v) is 8.15. The van der Waals surface area contributed by atoms with Crippen LogP contribution in [0.2, 0.25) is 10.0 Å². The number of carbonyl (C=O) groups excluding carboxylic acids is 2. The molecule has 1 fully saturated rings. The van der Waals surface area contributed by atoms with Crippen LogP contribution < -0.4 is 9.62 Å². The number of aryl methyl sites for hydroxylation is 3. The molecule has 252 valence electrons. The Morgan fingerprint density at radius 2 is 1.42 bits per heavy atom. The van der Waals surface area contributed by atoms with Gasteiger partial charge in [-0.1, -0.05) is 96.2 Å². The molecular formula is C38H41Cl2N3O4S. The van der Waals surface area contributed by atoms with Gasteiger partial charge in [0, 0.05) is 34.6 Å². The van der Waals surface area contributed by atoms with Crippen LogP contribution in [0, 0.1) is 20.8 Å². The fraction of sp³-hybridized carbons (Fsp3) is 0.316. The van der Waals surface area contributed by atoms with Gasteiger partial charge in [0.15, 0.2) is 0 Å². The number of anilines is 1. The van der Waals surface area contributed by atoms with Gasteiger partial charge in [-0.2, -0.15) is 0 Å². The molecule has 1 aliphatic rings. The summed E-state index contributed by atoms with van der Waals surface area (Å²) in [6.45, 7) is 4.98. The monoisotopic (exact) mass is 705 g/mol. The van der Waals surface area contributed by atoms with Crippen molar-refractivity contribution in [3.8, 4) is 0 Å². The Bertz CT molecular complexity index is 1820. The van der Waals surface area contributed by atoms with E-state index in [-0.39, 0.29) is 29.8 Å². The van der Waals surface area contributed by atoms with E-state index in [0.717, 1.165) is 52.2 Å². The van der Waals surface area contributed by atoms with Crippen LogP contribution in [0.1, 0.15) is 53.5 Å². The smallest absolute Gasteiger partial charge is 0.264 e. The molecule has 0 aromatic heterocycles. The van der Waals surface area contributed by atoms with Gasteiger partial charge in [-0.05, 0) is 86.7 Å². The van der Waals surface area contributed by atoms with E-state index in [1.807, 2.05) is 57.2 Å². The second-order valence-electron chi connectivity index (χ2n) is 12.6. The molecular weight excluding hydrogens is 665 g/mol. The first-order chi connectivity index (χ1) is 22.9. The van der Waals surface area contributed by atoms with Crippen LogP contribution in [-0.4, -0.2) is 43.8 Å². The highest BCUT2D eigenvalue weighted by Gasteiger charge is 2.36. The molecule has 4 aromatic carbocycles. The van der Waals surface area contributed by atoms with Gasteiger partial charge in [0.2, 0.25) is 11.8 Å². The van der Waals surface area contributed by atoms with Crippen LogP contribution in [0.3, 0.4) is 0 Å². The maximum Gasteiger partial charge on any atom is 0.264 e. The highest BCUT2D eigenvalue weighted by molar-refractivity contribution is 7.92. The Morgan fingerprint density at radius 3 is 2.02 bits per heavy atom. The standard InChI is InChI=1S/C38H41Cl2N3O4S/c1-26-16-18-32(19-17-26)48(46,47)43(31-21-27(2)20-28(3)22-31)25-37(44)42(24-33-34(39)14-9-15-35(33)40)36(23-29-10-5-4-6-11-29)38(45)41-30-12-7-8-13-30/h4-6,9-11,14-22,30,36H,7-8,12-13,23-25H2,1-3H3,(H,41,45)/t36-/m1/s1. The van der Waals surface area contributed by atoms with E-state index in [0.29, 0.717) is 21.3 Å². The van der Waals surface area contributed by atoms with Gasteiger partial charge in [0.25, 0.3) is 10.0 Å². The first-order valence-electron chi connectivity index (χ1n) is 16.2. The van der Waals surface area contributed by atoms with Crippen molar-refractivity contribution in [1.29, 1.82) is 0 Å². The van der Waals surface area contributed by atoms with Crippen molar-refractivity contribution in [3.63, 3.8) is 0 Å². The summed E-state index contributed by atoms with van der Waals surface area (Å²) in [4.78, 5) is 30.5. The minimum Gasteiger partial charge on any atom is -0.352 e. The van der Waals surface area contributed by atoms with E-state index >= 15 is 0 Å². The molecule has 7 nitrogen and oxygen atoms in total. The van der Waals surface area contributed by atoms with Gasteiger partial charge in [0.1, 0.15) is 12.6 Å². The van der Waals surface area contributed by atoms with Gasteiger partial charge in [-0.15, -0.1) is 0 Å². The van der Waals surface area contributed by atoms with Crippen LogP contribution in [0.4, 0.5) is 5.69 Å². The molecule has 0 saturated heterocycles. The molecule has 0 bridgehead atoms. The molecule has 0 radical (unpaired) electrons. The number of carbonyl (C=O) groups is 2. The van der Waals surface area contributed by atoms with Crippen LogP contribution in [0.5, 0.6) is 0 Å². The molecule has 1 N–H and O–H groups in total. The summed E-state index contributed by atoms with van der Waals surface area (Å²) in [6, 6.07) is 25.5. The molecule has 5 rings (SSSR count). The number of rotatable bonds is 12. The number of sulfonamides is 1. The molecule has 1 aliphatic carbocycles. The third-order valence-electron chi connectivity index (χ3n) is 8.75. The third kappa shape index (κ3) is 8.59. The summed E-state index contributed by atoms with van der Waals surface area (Å²) < 4.78 is 29.8. The molecule has 0 spiro atoms. The third-order valence-corrected chi connectivity index (χ3v) is 11.2. The van der Waals surface area contributed by atoms with Crippen molar-refractivity contribution in [2.45, 2.75) is 76.4 Å². The zero-order chi connectivity index (χ0) is 34.4. The maximum absolute atomic E-state index is 14.8. The van der Waals surface area contributed by atoms with Crippen molar-refractivity contribution < 1.29 is 18.0 Å². The maximum atomic E-state index is 14.8. The summed E-state index contributed by atoms with van der Waals surface area (Å²) in [6.07, 6.45) is 3.98. The SMILES string of the molecule is Cc1ccc(S(=O)(=O)N(CC(=O)N(Cc2c(Cl)cccc2Cl)[C@H](Cc2ccccc2)C(=O)NC2CCCC2)c2cc(C)cc(C)c2)cc1. The van der Waals surface area contributed by atoms with Gasteiger partial charge in [-0.3, -0.25) is 13.9 Å². The van der Waals surface area contributed by atoms with Gasteiger partial charge in [0.05, 0.1) is 10.6 Å². The first kappa shape index (κ1) is 35.5. The molecule has 10 heteroatoms. The lowest BCUT2D eigenvalue weighted by Gasteiger charge is -2.35. The summed E-state index contributed by atoms with van der Waals surface area (Å²) in [7, 11) is -4.21. The minimum atomic E-state index is -4.21. The number of halogens is 2. The Hall–Kier alpha value is -3.85. The van der Waals surface area contributed by atoms with Crippen molar-refractivity contribution in [2.24, 2.45) is 0 Å². The molecule has 2 amide bonds.